The summed E-state index contributed by atoms with van der Waals surface area (Å²) in [6.07, 6.45) is 2.07. The Labute approximate surface area is 163 Å². The Bertz CT molecular complexity index is 585. The first-order valence-electron chi connectivity index (χ1n) is 9.32. The van der Waals surface area contributed by atoms with Crippen LogP contribution in [-0.4, -0.2) is 50.5 Å². The monoisotopic (exact) mass is 381 g/mol. The predicted molar refractivity (Wildman–Crippen MR) is 112 cm³/mol. The lowest BCUT2D eigenvalue weighted by molar-refractivity contribution is 0.0947. The van der Waals surface area contributed by atoms with Crippen LogP contribution in [0.25, 0.3) is 0 Å². The summed E-state index contributed by atoms with van der Waals surface area (Å²) in [7, 11) is 3.69. The minimum atomic E-state index is -0.0223. The summed E-state index contributed by atoms with van der Waals surface area (Å²) < 4.78 is 5.14. The van der Waals surface area contributed by atoms with Gasteiger partial charge < -0.3 is 15.0 Å². The number of pyridine rings is 1. The van der Waals surface area contributed by atoms with Crippen LogP contribution in [0.1, 0.15) is 56.5 Å². The lowest BCUT2D eigenvalue weighted by Crippen LogP contribution is -2.28. The molecule has 0 atom stereocenters. The van der Waals surface area contributed by atoms with Gasteiger partial charge in [-0.2, -0.15) is 0 Å². The van der Waals surface area contributed by atoms with E-state index in [9.17, 15) is 4.79 Å². The van der Waals surface area contributed by atoms with Crippen LogP contribution < -0.4 is 10.2 Å². The molecule has 0 aliphatic carbocycles. The third-order valence-electron chi connectivity index (χ3n) is 4.09. The summed E-state index contributed by atoms with van der Waals surface area (Å²) in [6.45, 7) is 12.8. The molecule has 0 saturated carbocycles. The number of carbonyl (C=O) groups excluding carboxylic acids is 1. The van der Waals surface area contributed by atoms with Crippen LogP contribution in [0.2, 0.25) is 0 Å². The van der Waals surface area contributed by atoms with Crippen molar-refractivity contribution in [3.8, 4) is 0 Å². The molecule has 0 aliphatic heterocycles. The van der Waals surface area contributed by atoms with Crippen molar-refractivity contribution >= 4 is 23.5 Å². The molecule has 0 saturated heterocycles. The molecule has 0 bridgehead atoms. The minimum Gasteiger partial charge on any atom is -0.383 e. The second-order valence-electron chi connectivity index (χ2n) is 7.74. The molecule has 0 aromatic carbocycles. The Morgan fingerprint density at radius 2 is 2.08 bits per heavy atom. The predicted octanol–water partition coefficient (Wildman–Crippen LogP) is 4.14. The van der Waals surface area contributed by atoms with Gasteiger partial charge in [-0.05, 0) is 42.6 Å². The number of hydrogen-bond donors (Lipinski definition) is 1. The van der Waals surface area contributed by atoms with E-state index in [1.54, 1.807) is 18.9 Å². The van der Waals surface area contributed by atoms with Crippen LogP contribution in [0, 0.1) is 12.3 Å². The molecule has 1 rings (SSSR count). The summed E-state index contributed by atoms with van der Waals surface area (Å²) in [5, 5.41) is 3.87. The molecular formula is C20H35N3O2S. The van der Waals surface area contributed by atoms with Crippen LogP contribution in [0.3, 0.4) is 0 Å². The maximum atomic E-state index is 12.7. The van der Waals surface area contributed by atoms with E-state index < -0.39 is 0 Å². The summed E-state index contributed by atoms with van der Waals surface area (Å²) in [4.78, 5) is 19.5. The van der Waals surface area contributed by atoms with E-state index >= 15 is 0 Å². The first kappa shape index (κ1) is 22.8. The standard InChI is InChI=1S/C20H35N3O2S/c1-8-26-19-17(18(24)21-11-9-10-20(3,4)5)15(2)14-16(22-19)23(6)12-13-25-7/h14H,8-13H2,1-7H3,(H,21,24). The number of anilines is 1. The number of aromatic nitrogens is 1. The molecule has 26 heavy (non-hydrogen) atoms. The third kappa shape index (κ3) is 7.54. The van der Waals surface area contributed by atoms with Crippen LogP contribution in [0.4, 0.5) is 5.82 Å². The Kier molecular flexibility index (Phi) is 9.44. The highest BCUT2D eigenvalue weighted by molar-refractivity contribution is 7.99. The number of aryl methyl sites for hydroxylation is 1. The molecule has 1 aromatic rings. The van der Waals surface area contributed by atoms with Gasteiger partial charge in [0.05, 0.1) is 12.2 Å². The molecule has 5 nitrogen and oxygen atoms in total. The van der Waals surface area contributed by atoms with Gasteiger partial charge in [-0.3, -0.25) is 4.79 Å². The van der Waals surface area contributed by atoms with Crippen molar-refractivity contribution in [3.05, 3.63) is 17.2 Å². The second-order valence-corrected chi connectivity index (χ2v) is 9.00. The fourth-order valence-electron chi connectivity index (χ4n) is 2.59. The minimum absolute atomic E-state index is 0.0223. The van der Waals surface area contributed by atoms with Crippen LogP contribution in [0.5, 0.6) is 0 Å². The highest BCUT2D eigenvalue weighted by atomic mass is 32.2. The molecule has 0 spiro atoms. The third-order valence-corrected chi connectivity index (χ3v) is 4.95. The van der Waals surface area contributed by atoms with Crippen molar-refractivity contribution in [2.45, 2.75) is 52.5 Å². The molecule has 1 N–H and O–H groups in total. The number of nitrogens with one attached hydrogen (secondary N) is 1. The summed E-state index contributed by atoms with van der Waals surface area (Å²) in [6, 6.07) is 1.99. The highest BCUT2D eigenvalue weighted by Gasteiger charge is 2.19. The number of thioether (sulfide) groups is 1. The molecular weight excluding hydrogens is 346 g/mol. The van der Waals surface area contributed by atoms with Crippen molar-refractivity contribution in [2.75, 3.05) is 44.5 Å². The molecule has 0 radical (unpaired) electrons. The van der Waals surface area contributed by atoms with E-state index in [1.165, 1.54) is 0 Å². The lowest BCUT2D eigenvalue weighted by atomic mass is 9.91. The quantitative estimate of drug-likeness (QED) is 0.488. The number of nitrogens with zero attached hydrogens (tertiary/aromatic N) is 2. The van der Waals surface area contributed by atoms with Crippen molar-refractivity contribution < 1.29 is 9.53 Å². The normalized spacial score (nSPS) is 11.5. The van der Waals surface area contributed by atoms with Crippen LogP contribution in [0.15, 0.2) is 11.1 Å². The zero-order valence-electron chi connectivity index (χ0n) is 17.4. The summed E-state index contributed by atoms with van der Waals surface area (Å²) >= 11 is 1.61. The van der Waals surface area contributed by atoms with Gasteiger partial charge >= 0.3 is 0 Å². The SMILES string of the molecule is CCSc1nc(N(C)CCOC)cc(C)c1C(=O)NCCCC(C)(C)C. The van der Waals surface area contributed by atoms with Crippen LogP contribution >= 0.6 is 11.8 Å². The molecule has 148 valence electrons. The Balaban J connectivity index is 2.90. The second kappa shape index (κ2) is 10.8. The maximum Gasteiger partial charge on any atom is 0.254 e. The van der Waals surface area contributed by atoms with Crippen molar-refractivity contribution in [1.29, 1.82) is 0 Å². The van der Waals surface area contributed by atoms with Crippen LogP contribution in [-0.2, 0) is 4.74 Å². The zero-order valence-corrected chi connectivity index (χ0v) is 18.3. The molecule has 6 heteroatoms. The van der Waals surface area contributed by atoms with Gasteiger partial charge in [-0.1, -0.05) is 27.7 Å². The van der Waals surface area contributed by atoms with Gasteiger partial charge in [-0.15, -0.1) is 11.8 Å². The topological polar surface area (TPSA) is 54.5 Å². The van der Waals surface area contributed by atoms with E-state index in [0.717, 1.165) is 41.5 Å². The number of methoxy groups -OCH3 is 1. The fraction of sp³-hybridized carbons (Fsp3) is 0.700. The van der Waals surface area contributed by atoms with Crippen molar-refractivity contribution in [1.82, 2.24) is 10.3 Å². The summed E-state index contributed by atoms with van der Waals surface area (Å²) in [5.41, 5.74) is 1.96. The molecule has 1 aromatic heterocycles. The number of rotatable bonds is 10. The highest BCUT2D eigenvalue weighted by Crippen LogP contribution is 2.27. The molecule has 0 fully saturated rings. The molecule has 1 amide bonds. The zero-order chi connectivity index (χ0) is 19.7. The van der Waals surface area contributed by atoms with Gasteiger partial charge in [0, 0.05) is 27.2 Å². The maximum absolute atomic E-state index is 12.7. The first-order chi connectivity index (χ1) is 12.2. The number of carbonyl (C=O) groups is 1. The van der Waals surface area contributed by atoms with Gasteiger partial charge in [0.2, 0.25) is 0 Å². The van der Waals surface area contributed by atoms with Gasteiger partial charge in [-0.25, -0.2) is 4.98 Å². The lowest BCUT2D eigenvalue weighted by Gasteiger charge is -2.21. The average molecular weight is 382 g/mol. The van der Waals surface area contributed by atoms with E-state index in [1.807, 2.05) is 20.0 Å². The number of amides is 1. The number of likely N-dealkylation sites (N-methyl/N-ethyl adjacent to an activating group) is 1. The van der Waals surface area contributed by atoms with E-state index in [4.69, 9.17) is 9.72 Å². The Morgan fingerprint density at radius 1 is 1.38 bits per heavy atom. The fourth-order valence-corrected chi connectivity index (χ4v) is 3.42. The van der Waals surface area contributed by atoms with E-state index in [2.05, 4.69) is 37.9 Å². The summed E-state index contributed by atoms with van der Waals surface area (Å²) in [5.74, 6) is 1.73. The molecule has 0 unspecified atom stereocenters. The number of hydrogen-bond acceptors (Lipinski definition) is 5. The average Bonchev–Trinajstić information content (AvgIpc) is 2.55. The smallest absolute Gasteiger partial charge is 0.254 e. The molecule has 0 aliphatic rings. The van der Waals surface area contributed by atoms with Crippen molar-refractivity contribution in [3.63, 3.8) is 0 Å². The number of ether oxygens (including phenoxy) is 1. The Hall–Kier alpha value is -1.27. The van der Waals surface area contributed by atoms with Gasteiger partial charge in [0.15, 0.2) is 0 Å². The van der Waals surface area contributed by atoms with E-state index in [-0.39, 0.29) is 5.91 Å². The van der Waals surface area contributed by atoms with E-state index in [0.29, 0.717) is 24.1 Å². The van der Waals surface area contributed by atoms with Gasteiger partial charge in [0.25, 0.3) is 5.91 Å². The van der Waals surface area contributed by atoms with Crippen molar-refractivity contribution in [2.24, 2.45) is 5.41 Å². The van der Waals surface area contributed by atoms with Gasteiger partial charge in [0.1, 0.15) is 10.8 Å². The Morgan fingerprint density at radius 3 is 2.65 bits per heavy atom. The molecule has 1 heterocycles. The largest absolute Gasteiger partial charge is 0.383 e. The first-order valence-corrected chi connectivity index (χ1v) is 10.3.